The van der Waals surface area contributed by atoms with Gasteiger partial charge in [0.25, 0.3) is 0 Å². The van der Waals surface area contributed by atoms with Crippen LogP contribution in [0.4, 0.5) is 10.5 Å². The van der Waals surface area contributed by atoms with E-state index in [2.05, 4.69) is 10.3 Å². The molecule has 0 radical (unpaired) electrons. The van der Waals surface area contributed by atoms with Gasteiger partial charge in [0.05, 0.1) is 5.69 Å². The number of hydrogen-bond acceptors (Lipinski definition) is 3. The van der Waals surface area contributed by atoms with Gasteiger partial charge in [-0.3, -0.25) is 5.32 Å². The highest BCUT2D eigenvalue weighted by atomic mass is 32.1. The first-order valence-electron chi connectivity index (χ1n) is 4.67. The molecule has 2 rings (SSSR count). The lowest BCUT2D eigenvalue weighted by molar-refractivity contribution is 0.210. The van der Waals surface area contributed by atoms with Crippen molar-refractivity contribution in [2.75, 3.05) is 5.32 Å². The topological polar surface area (TPSA) is 62.2 Å². The monoisotopic (exact) mass is 234 g/mol. The van der Waals surface area contributed by atoms with E-state index in [-0.39, 0.29) is 0 Å². The number of benzene rings is 1. The zero-order chi connectivity index (χ0) is 11.5. The summed E-state index contributed by atoms with van der Waals surface area (Å²) in [6.45, 7) is 1.92. The van der Waals surface area contributed by atoms with Crippen LogP contribution in [0.2, 0.25) is 0 Å². The van der Waals surface area contributed by atoms with Crippen LogP contribution >= 0.6 is 11.3 Å². The molecule has 0 saturated heterocycles. The van der Waals surface area contributed by atoms with Crippen LogP contribution in [-0.4, -0.2) is 16.2 Å². The summed E-state index contributed by atoms with van der Waals surface area (Å²) in [6, 6.07) is 5.61. The Labute approximate surface area is 96.6 Å². The number of amides is 1. The number of carboxylic acid groups (broad SMARTS) is 1. The zero-order valence-electron chi connectivity index (χ0n) is 8.60. The van der Waals surface area contributed by atoms with Gasteiger partial charge in [0.15, 0.2) is 0 Å². The van der Waals surface area contributed by atoms with Crippen LogP contribution in [0.15, 0.2) is 29.8 Å². The number of rotatable bonds is 2. The highest BCUT2D eigenvalue weighted by molar-refractivity contribution is 7.13. The highest BCUT2D eigenvalue weighted by Gasteiger charge is 2.09. The average molecular weight is 234 g/mol. The molecule has 5 heteroatoms. The summed E-state index contributed by atoms with van der Waals surface area (Å²) >= 11 is 1.48. The Morgan fingerprint density at radius 3 is 2.94 bits per heavy atom. The van der Waals surface area contributed by atoms with E-state index in [0.29, 0.717) is 5.69 Å². The summed E-state index contributed by atoms with van der Waals surface area (Å²) in [5.41, 5.74) is 2.38. The molecule has 2 N–H and O–H groups in total. The molecular weight excluding hydrogens is 224 g/mol. The molecule has 1 heterocycles. The van der Waals surface area contributed by atoms with Crippen molar-refractivity contribution in [3.05, 3.63) is 35.3 Å². The molecule has 1 amide bonds. The predicted octanol–water partition coefficient (Wildman–Crippen LogP) is 3.21. The first-order valence-corrected chi connectivity index (χ1v) is 5.55. The second-order valence-electron chi connectivity index (χ2n) is 3.32. The summed E-state index contributed by atoms with van der Waals surface area (Å²) in [4.78, 5) is 14.8. The predicted molar refractivity (Wildman–Crippen MR) is 63.9 cm³/mol. The molecule has 0 aliphatic rings. The minimum atomic E-state index is -1.07. The molecule has 0 saturated carbocycles. The van der Waals surface area contributed by atoms with Crippen LogP contribution in [0.1, 0.15) is 5.56 Å². The average Bonchev–Trinajstić information content (AvgIpc) is 2.69. The highest BCUT2D eigenvalue weighted by Crippen LogP contribution is 2.30. The largest absolute Gasteiger partial charge is 0.465 e. The second kappa shape index (κ2) is 4.32. The van der Waals surface area contributed by atoms with Crippen LogP contribution in [0.25, 0.3) is 10.6 Å². The van der Waals surface area contributed by atoms with E-state index in [0.717, 1.165) is 16.1 Å². The van der Waals surface area contributed by atoms with Crippen molar-refractivity contribution < 1.29 is 9.90 Å². The number of nitrogens with zero attached hydrogens (tertiary/aromatic N) is 1. The summed E-state index contributed by atoms with van der Waals surface area (Å²) < 4.78 is 0. The van der Waals surface area contributed by atoms with Gasteiger partial charge in [0.1, 0.15) is 5.01 Å². The molecule has 0 aliphatic carbocycles. The third kappa shape index (κ3) is 2.20. The number of hydrogen-bond donors (Lipinski definition) is 2. The Kier molecular flexibility index (Phi) is 2.87. The van der Waals surface area contributed by atoms with Gasteiger partial charge in [-0.25, -0.2) is 9.78 Å². The van der Waals surface area contributed by atoms with Gasteiger partial charge in [-0.05, 0) is 24.6 Å². The molecule has 0 spiro atoms. The maximum atomic E-state index is 10.7. The van der Waals surface area contributed by atoms with E-state index in [1.165, 1.54) is 11.3 Å². The molecular formula is C11H10N2O2S. The molecule has 82 valence electrons. The van der Waals surface area contributed by atoms with Gasteiger partial charge < -0.3 is 5.11 Å². The lowest BCUT2D eigenvalue weighted by Crippen LogP contribution is -2.08. The first kappa shape index (κ1) is 10.6. The summed E-state index contributed by atoms with van der Waals surface area (Å²) in [7, 11) is 0. The quantitative estimate of drug-likeness (QED) is 0.838. The van der Waals surface area contributed by atoms with E-state index in [9.17, 15) is 4.79 Å². The van der Waals surface area contributed by atoms with Crippen LogP contribution in [0.5, 0.6) is 0 Å². The molecule has 0 unspecified atom stereocenters. The Morgan fingerprint density at radius 2 is 2.31 bits per heavy atom. The number of carbonyl (C=O) groups is 1. The minimum Gasteiger partial charge on any atom is -0.465 e. The van der Waals surface area contributed by atoms with E-state index in [1.54, 1.807) is 12.3 Å². The van der Waals surface area contributed by atoms with Crippen molar-refractivity contribution >= 4 is 23.1 Å². The molecule has 4 nitrogen and oxygen atoms in total. The van der Waals surface area contributed by atoms with Crippen LogP contribution in [0, 0.1) is 6.92 Å². The van der Waals surface area contributed by atoms with Gasteiger partial charge in [0.2, 0.25) is 0 Å². The summed E-state index contributed by atoms with van der Waals surface area (Å²) in [5.74, 6) is 0. The molecule has 0 atom stereocenters. The maximum absolute atomic E-state index is 10.7. The van der Waals surface area contributed by atoms with Gasteiger partial charge in [0, 0.05) is 17.1 Å². The van der Waals surface area contributed by atoms with Crippen LogP contribution in [0.3, 0.4) is 0 Å². The van der Waals surface area contributed by atoms with Crippen molar-refractivity contribution in [1.82, 2.24) is 4.98 Å². The normalized spacial score (nSPS) is 10.1. The minimum absolute atomic E-state index is 0.572. The van der Waals surface area contributed by atoms with E-state index >= 15 is 0 Å². The third-order valence-electron chi connectivity index (χ3n) is 2.08. The summed E-state index contributed by atoms with van der Waals surface area (Å²) in [6.07, 6.45) is 0.633. The van der Waals surface area contributed by atoms with Gasteiger partial charge in [-0.1, -0.05) is 6.07 Å². The van der Waals surface area contributed by atoms with Crippen LogP contribution in [-0.2, 0) is 0 Å². The fourth-order valence-corrected chi connectivity index (χ4v) is 2.10. The van der Waals surface area contributed by atoms with Crippen LogP contribution < -0.4 is 5.32 Å². The molecule has 0 fully saturated rings. The molecule has 0 bridgehead atoms. The molecule has 16 heavy (non-hydrogen) atoms. The number of nitrogens with one attached hydrogen (secondary N) is 1. The number of aryl methyl sites for hydroxylation is 1. The summed E-state index contributed by atoms with van der Waals surface area (Å²) in [5, 5.41) is 13.8. The van der Waals surface area contributed by atoms with Crippen molar-refractivity contribution in [2.45, 2.75) is 6.92 Å². The molecule has 1 aromatic heterocycles. The standard InChI is InChI=1S/C11H10N2O2S/c1-7-2-3-8(10-12-4-5-16-10)9(6-7)13-11(14)15/h2-6,13H,1H3,(H,14,15). The van der Waals surface area contributed by atoms with Crippen molar-refractivity contribution in [2.24, 2.45) is 0 Å². The first-order chi connectivity index (χ1) is 7.66. The number of anilines is 1. The van der Waals surface area contributed by atoms with Crippen molar-refractivity contribution in [3.8, 4) is 10.6 Å². The number of thiazole rings is 1. The molecule has 2 aromatic rings. The fraction of sp³-hybridized carbons (Fsp3) is 0.0909. The smallest absolute Gasteiger partial charge is 0.409 e. The fourth-order valence-electron chi connectivity index (χ4n) is 1.42. The Balaban J connectivity index is 2.48. The van der Waals surface area contributed by atoms with Gasteiger partial charge >= 0.3 is 6.09 Å². The maximum Gasteiger partial charge on any atom is 0.409 e. The van der Waals surface area contributed by atoms with Crippen molar-refractivity contribution in [1.29, 1.82) is 0 Å². The number of aromatic nitrogens is 1. The van der Waals surface area contributed by atoms with Gasteiger partial charge in [-0.15, -0.1) is 11.3 Å². The van der Waals surface area contributed by atoms with Crippen molar-refractivity contribution in [3.63, 3.8) is 0 Å². The third-order valence-corrected chi connectivity index (χ3v) is 2.89. The Morgan fingerprint density at radius 1 is 1.50 bits per heavy atom. The molecule has 0 aliphatic heterocycles. The lowest BCUT2D eigenvalue weighted by atomic mass is 10.1. The zero-order valence-corrected chi connectivity index (χ0v) is 9.41. The van der Waals surface area contributed by atoms with E-state index in [1.807, 2.05) is 24.4 Å². The Bertz CT molecular complexity index is 509. The SMILES string of the molecule is Cc1ccc(-c2nccs2)c(NC(=O)O)c1. The van der Waals surface area contributed by atoms with E-state index < -0.39 is 6.09 Å². The van der Waals surface area contributed by atoms with E-state index in [4.69, 9.17) is 5.11 Å². The molecule has 1 aromatic carbocycles. The second-order valence-corrected chi connectivity index (χ2v) is 4.21. The Hall–Kier alpha value is -1.88. The van der Waals surface area contributed by atoms with Gasteiger partial charge in [-0.2, -0.15) is 0 Å². The lowest BCUT2D eigenvalue weighted by Gasteiger charge is -2.07.